The molecule has 0 heterocycles. The van der Waals surface area contributed by atoms with E-state index in [-0.39, 0.29) is 0 Å². The van der Waals surface area contributed by atoms with Gasteiger partial charge in [-0.15, -0.1) is 0 Å². The van der Waals surface area contributed by atoms with Gasteiger partial charge in [0.1, 0.15) is 0 Å². The van der Waals surface area contributed by atoms with Crippen LogP contribution in [0.3, 0.4) is 0 Å². The van der Waals surface area contributed by atoms with Gasteiger partial charge in [0.2, 0.25) is 0 Å². The largest absolute Gasteiger partial charge is 0.0622 e. The van der Waals surface area contributed by atoms with Crippen molar-refractivity contribution in [3.05, 3.63) is 58.7 Å². The zero-order chi connectivity index (χ0) is 18.0. The van der Waals surface area contributed by atoms with E-state index in [1.807, 2.05) is 0 Å². The van der Waals surface area contributed by atoms with Gasteiger partial charge in [-0.2, -0.15) is 0 Å². The van der Waals surface area contributed by atoms with Crippen molar-refractivity contribution in [2.45, 2.75) is 79.1 Å². The molecule has 0 bridgehead atoms. The second-order valence-corrected chi connectivity index (χ2v) is 8.24. The van der Waals surface area contributed by atoms with Crippen LogP contribution in [-0.4, -0.2) is 0 Å². The summed E-state index contributed by atoms with van der Waals surface area (Å²) in [5.41, 5.74) is 9.01. The van der Waals surface area contributed by atoms with E-state index in [0.29, 0.717) is 23.7 Å². The first-order chi connectivity index (χ1) is 11.3. The van der Waals surface area contributed by atoms with Crippen LogP contribution in [0, 0.1) is 0 Å². The van der Waals surface area contributed by atoms with E-state index in [1.165, 1.54) is 22.3 Å². The summed E-state index contributed by atoms with van der Waals surface area (Å²) >= 11 is 0. The molecule has 0 aliphatic carbocycles. The van der Waals surface area contributed by atoms with E-state index in [2.05, 4.69) is 91.8 Å². The molecule has 0 aromatic heterocycles. The molecule has 0 radical (unpaired) electrons. The molecule has 0 saturated carbocycles. The molecule has 2 rings (SSSR count). The van der Waals surface area contributed by atoms with Gasteiger partial charge < -0.3 is 0 Å². The normalized spacial score (nSPS) is 12.0. The maximum Gasteiger partial charge on any atom is -0.0109 e. The molecule has 0 unspecified atom stereocenters. The Bertz CT molecular complexity index is 635. The highest BCUT2D eigenvalue weighted by molar-refractivity contribution is 5.76. The Kier molecular flexibility index (Phi) is 5.91. The van der Waals surface area contributed by atoms with Crippen molar-refractivity contribution in [1.82, 2.24) is 0 Å². The number of rotatable bonds is 5. The molecule has 0 N–H and O–H groups in total. The first kappa shape index (κ1) is 18.8. The SMILES string of the molecule is CC(C)c1cc(C(C)C)c(C(C)C)c(-c2ccccc2)c1C(C)C. The third kappa shape index (κ3) is 3.58. The van der Waals surface area contributed by atoms with Gasteiger partial charge in [0.25, 0.3) is 0 Å². The van der Waals surface area contributed by atoms with Crippen molar-refractivity contribution in [1.29, 1.82) is 0 Å². The van der Waals surface area contributed by atoms with Crippen LogP contribution >= 0.6 is 0 Å². The lowest BCUT2D eigenvalue weighted by molar-refractivity contribution is 0.751. The van der Waals surface area contributed by atoms with Crippen LogP contribution in [0.4, 0.5) is 0 Å². The van der Waals surface area contributed by atoms with Gasteiger partial charge in [-0.1, -0.05) is 91.8 Å². The first-order valence-electron chi connectivity index (χ1n) is 9.51. The van der Waals surface area contributed by atoms with E-state index in [1.54, 1.807) is 11.1 Å². The van der Waals surface area contributed by atoms with Crippen LogP contribution in [0.15, 0.2) is 36.4 Å². The van der Waals surface area contributed by atoms with Gasteiger partial charge >= 0.3 is 0 Å². The monoisotopic (exact) mass is 322 g/mol. The zero-order valence-electron chi connectivity index (χ0n) is 16.8. The summed E-state index contributed by atoms with van der Waals surface area (Å²) in [7, 11) is 0. The topological polar surface area (TPSA) is 0 Å². The highest BCUT2D eigenvalue weighted by atomic mass is 14.3. The number of hydrogen-bond acceptors (Lipinski definition) is 0. The van der Waals surface area contributed by atoms with Gasteiger partial charge in [0.15, 0.2) is 0 Å². The molecule has 0 fully saturated rings. The van der Waals surface area contributed by atoms with Gasteiger partial charge in [-0.3, -0.25) is 0 Å². The zero-order valence-corrected chi connectivity index (χ0v) is 16.8. The minimum Gasteiger partial charge on any atom is -0.0622 e. The minimum atomic E-state index is 0.524. The highest BCUT2D eigenvalue weighted by Gasteiger charge is 2.24. The predicted octanol–water partition coefficient (Wildman–Crippen LogP) is 7.85. The van der Waals surface area contributed by atoms with Gasteiger partial charge in [-0.25, -0.2) is 0 Å². The van der Waals surface area contributed by atoms with E-state index < -0.39 is 0 Å². The predicted molar refractivity (Wildman–Crippen MR) is 108 cm³/mol. The Morgan fingerprint density at radius 2 is 0.958 bits per heavy atom. The highest BCUT2D eigenvalue weighted by Crippen LogP contribution is 2.44. The molecule has 0 saturated heterocycles. The Morgan fingerprint density at radius 3 is 1.29 bits per heavy atom. The number of hydrogen-bond donors (Lipinski definition) is 0. The van der Waals surface area contributed by atoms with Crippen molar-refractivity contribution in [3.63, 3.8) is 0 Å². The third-order valence-corrected chi connectivity index (χ3v) is 4.93. The molecule has 2 aromatic carbocycles. The molecule has 0 atom stereocenters. The molecule has 24 heavy (non-hydrogen) atoms. The Hall–Kier alpha value is -1.56. The average molecular weight is 323 g/mol. The Labute approximate surface area is 149 Å². The molecule has 130 valence electrons. The molecule has 0 aliphatic rings. The smallest absolute Gasteiger partial charge is 0.0109 e. The summed E-state index contributed by atoms with van der Waals surface area (Å²) < 4.78 is 0. The minimum absolute atomic E-state index is 0.524. The summed E-state index contributed by atoms with van der Waals surface area (Å²) in [6.07, 6.45) is 0. The maximum atomic E-state index is 2.51. The first-order valence-corrected chi connectivity index (χ1v) is 9.51. The van der Waals surface area contributed by atoms with Crippen LogP contribution in [0.25, 0.3) is 11.1 Å². The van der Waals surface area contributed by atoms with Gasteiger partial charge in [-0.05, 0) is 57.1 Å². The molecule has 0 spiro atoms. The standard InChI is InChI=1S/C24H34/c1-15(2)20-14-21(16(3)4)23(18(7)8)24(22(20)17(5)6)19-12-10-9-11-13-19/h9-18H,1-8H3. The van der Waals surface area contributed by atoms with Gasteiger partial charge in [0.05, 0.1) is 0 Å². The van der Waals surface area contributed by atoms with Crippen molar-refractivity contribution in [2.24, 2.45) is 0 Å². The molecule has 2 aromatic rings. The van der Waals surface area contributed by atoms with E-state index in [4.69, 9.17) is 0 Å². The Morgan fingerprint density at radius 1 is 0.542 bits per heavy atom. The van der Waals surface area contributed by atoms with Crippen LogP contribution in [0.2, 0.25) is 0 Å². The van der Waals surface area contributed by atoms with Crippen LogP contribution in [-0.2, 0) is 0 Å². The molecule has 0 nitrogen and oxygen atoms in total. The fraction of sp³-hybridized carbons (Fsp3) is 0.500. The average Bonchev–Trinajstić information content (AvgIpc) is 2.52. The van der Waals surface area contributed by atoms with Crippen molar-refractivity contribution in [3.8, 4) is 11.1 Å². The Balaban J connectivity index is 2.99. The van der Waals surface area contributed by atoms with E-state index >= 15 is 0 Å². The lowest BCUT2D eigenvalue weighted by atomic mass is 9.75. The fourth-order valence-corrected chi connectivity index (χ4v) is 3.87. The summed E-state index contributed by atoms with van der Waals surface area (Å²) in [6.45, 7) is 18.7. The van der Waals surface area contributed by atoms with Gasteiger partial charge in [0, 0.05) is 0 Å². The summed E-state index contributed by atoms with van der Waals surface area (Å²) in [6, 6.07) is 13.5. The number of benzene rings is 2. The molecule has 0 heteroatoms. The molecule has 0 aliphatic heterocycles. The fourth-order valence-electron chi connectivity index (χ4n) is 3.87. The van der Waals surface area contributed by atoms with Crippen molar-refractivity contribution < 1.29 is 0 Å². The van der Waals surface area contributed by atoms with Crippen LogP contribution in [0.1, 0.15) is 101 Å². The summed E-state index contributed by atoms with van der Waals surface area (Å²) in [5, 5.41) is 0. The lowest BCUT2D eigenvalue weighted by Crippen LogP contribution is -2.10. The van der Waals surface area contributed by atoms with E-state index in [9.17, 15) is 0 Å². The van der Waals surface area contributed by atoms with Crippen LogP contribution < -0.4 is 0 Å². The summed E-state index contributed by atoms with van der Waals surface area (Å²) in [5.74, 6) is 2.14. The second-order valence-electron chi connectivity index (χ2n) is 8.24. The molecule has 0 amide bonds. The second kappa shape index (κ2) is 7.55. The third-order valence-electron chi connectivity index (χ3n) is 4.93. The molecular formula is C24H34. The quantitative estimate of drug-likeness (QED) is 0.525. The lowest BCUT2D eigenvalue weighted by Gasteiger charge is -2.29. The summed E-state index contributed by atoms with van der Waals surface area (Å²) in [4.78, 5) is 0. The molecular weight excluding hydrogens is 288 g/mol. The maximum absolute atomic E-state index is 2.51. The van der Waals surface area contributed by atoms with Crippen LogP contribution in [0.5, 0.6) is 0 Å². The van der Waals surface area contributed by atoms with Crippen molar-refractivity contribution >= 4 is 0 Å². The van der Waals surface area contributed by atoms with E-state index in [0.717, 1.165) is 0 Å². The van der Waals surface area contributed by atoms with Crippen molar-refractivity contribution in [2.75, 3.05) is 0 Å².